The second-order valence-electron chi connectivity index (χ2n) is 5.82. The lowest BCUT2D eigenvalue weighted by Crippen LogP contribution is -2.37. The fraction of sp³-hybridized carbons (Fsp3) is 0.375. The van der Waals surface area contributed by atoms with Crippen LogP contribution in [0.3, 0.4) is 0 Å². The maximum absolute atomic E-state index is 12.0. The summed E-state index contributed by atoms with van der Waals surface area (Å²) in [6, 6.07) is 9.01. The Labute approximate surface area is 145 Å². The van der Waals surface area contributed by atoms with Gasteiger partial charge in [0, 0.05) is 23.4 Å². The van der Waals surface area contributed by atoms with Crippen molar-refractivity contribution < 1.29 is 8.42 Å². The van der Waals surface area contributed by atoms with Gasteiger partial charge >= 0.3 is 0 Å². The molecular weight excluding hydrogens is 346 g/mol. The van der Waals surface area contributed by atoms with E-state index < -0.39 is 10.0 Å². The standard InChI is InChI=1S/C16H19N3O3S2/c1-23-6-7-24(21,22)19-14-9-11-2-3-12(8-13(11)10-14)15-4-5-16(20)18-17-15/h2-5,8,14,19H,6-7,9-10H2,1H3,(H,18,20). The smallest absolute Gasteiger partial charge is 0.264 e. The summed E-state index contributed by atoms with van der Waals surface area (Å²) in [4.78, 5) is 11.1. The number of hydrogen-bond acceptors (Lipinski definition) is 5. The first-order chi connectivity index (χ1) is 11.5. The monoisotopic (exact) mass is 365 g/mol. The van der Waals surface area contributed by atoms with Crippen molar-refractivity contribution in [2.75, 3.05) is 17.8 Å². The van der Waals surface area contributed by atoms with Gasteiger partial charge in [0.05, 0.1) is 11.4 Å². The highest BCUT2D eigenvalue weighted by Gasteiger charge is 2.25. The summed E-state index contributed by atoms with van der Waals surface area (Å²) < 4.78 is 26.9. The van der Waals surface area contributed by atoms with Gasteiger partial charge in [0.1, 0.15) is 0 Å². The number of benzene rings is 1. The third kappa shape index (κ3) is 4.06. The number of fused-ring (bicyclic) bond motifs is 1. The zero-order chi connectivity index (χ0) is 17.2. The van der Waals surface area contributed by atoms with Crippen LogP contribution in [0.25, 0.3) is 11.3 Å². The van der Waals surface area contributed by atoms with Crippen molar-refractivity contribution in [3.8, 4) is 11.3 Å². The molecule has 0 fully saturated rings. The lowest BCUT2D eigenvalue weighted by Gasteiger charge is -2.12. The van der Waals surface area contributed by atoms with Crippen LogP contribution >= 0.6 is 11.8 Å². The predicted molar refractivity (Wildman–Crippen MR) is 96.8 cm³/mol. The molecule has 1 heterocycles. The van der Waals surface area contributed by atoms with Gasteiger partial charge in [0.2, 0.25) is 10.0 Å². The molecule has 128 valence electrons. The van der Waals surface area contributed by atoms with E-state index in [1.165, 1.54) is 17.8 Å². The molecule has 1 aromatic heterocycles. The fourth-order valence-electron chi connectivity index (χ4n) is 2.87. The molecule has 1 aromatic carbocycles. The van der Waals surface area contributed by atoms with E-state index >= 15 is 0 Å². The normalized spacial score (nSPS) is 17.0. The second-order valence-corrected chi connectivity index (χ2v) is 8.68. The Morgan fingerprint density at radius 3 is 2.75 bits per heavy atom. The van der Waals surface area contributed by atoms with Gasteiger partial charge in [0.15, 0.2) is 0 Å². The van der Waals surface area contributed by atoms with E-state index in [-0.39, 0.29) is 17.4 Å². The van der Waals surface area contributed by atoms with Crippen molar-refractivity contribution in [1.29, 1.82) is 0 Å². The van der Waals surface area contributed by atoms with E-state index in [1.54, 1.807) is 6.07 Å². The number of aromatic nitrogens is 2. The van der Waals surface area contributed by atoms with E-state index in [2.05, 4.69) is 14.9 Å². The van der Waals surface area contributed by atoms with Crippen molar-refractivity contribution in [3.05, 3.63) is 51.8 Å². The molecule has 0 aliphatic heterocycles. The van der Waals surface area contributed by atoms with Gasteiger partial charge < -0.3 is 0 Å². The molecule has 1 unspecified atom stereocenters. The van der Waals surface area contributed by atoms with Crippen molar-refractivity contribution >= 4 is 21.8 Å². The molecule has 0 radical (unpaired) electrons. The largest absolute Gasteiger partial charge is 0.268 e. The van der Waals surface area contributed by atoms with Crippen LogP contribution in [0.1, 0.15) is 11.1 Å². The molecule has 2 aromatic rings. The van der Waals surface area contributed by atoms with E-state index in [4.69, 9.17) is 0 Å². The Bertz CT molecular complexity index is 873. The number of aromatic amines is 1. The first-order valence-electron chi connectivity index (χ1n) is 7.64. The van der Waals surface area contributed by atoms with Crippen LogP contribution in [-0.2, 0) is 22.9 Å². The Hall–Kier alpha value is -1.64. The number of rotatable bonds is 6. The SMILES string of the molecule is CSCCS(=O)(=O)NC1Cc2ccc(-c3ccc(=O)[nH]n3)cc2C1. The summed E-state index contributed by atoms with van der Waals surface area (Å²) in [5.41, 5.74) is 3.65. The number of thioether (sulfide) groups is 1. The van der Waals surface area contributed by atoms with Crippen molar-refractivity contribution in [2.45, 2.75) is 18.9 Å². The molecule has 0 spiro atoms. The molecule has 1 aliphatic carbocycles. The van der Waals surface area contributed by atoms with E-state index in [9.17, 15) is 13.2 Å². The van der Waals surface area contributed by atoms with Crippen LogP contribution in [0.15, 0.2) is 35.1 Å². The number of sulfonamides is 1. The third-order valence-corrected chi connectivity index (χ3v) is 6.32. The van der Waals surface area contributed by atoms with Gasteiger partial charge in [0.25, 0.3) is 5.56 Å². The van der Waals surface area contributed by atoms with E-state index in [0.29, 0.717) is 24.3 Å². The van der Waals surface area contributed by atoms with Crippen LogP contribution in [0.5, 0.6) is 0 Å². The number of nitrogens with one attached hydrogen (secondary N) is 2. The minimum absolute atomic E-state index is 0.0920. The topological polar surface area (TPSA) is 91.9 Å². The zero-order valence-corrected chi connectivity index (χ0v) is 14.9. The first-order valence-corrected chi connectivity index (χ1v) is 10.7. The summed E-state index contributed by atoms with van der Waals surface area (Å²) in [5, 5.41) is 6.46. The minimum Gasteiger partial charge on any atom is -0.268 e. The number of nitrogens with zero attached hydrogens (tertiary/aromatic N) is 1. The van der Waals surface area contributed by atoms with E-state index in [0.717, 1.165) is 16.7 Å². The molecule has 3 rings (SSSR count). The molecule has 1 aliphatic rings. The quantitative estimate of drug-likeness (QED) is 0.802. The molecule has 0 amide bonds. The maximum atomic E-state index is 12.0. The Morgan fingerprint density at radius 1 is 1.25 bits per heavy atom. The summed E-state index contributed by atoms with van der Waals surface area (Å²) in [7, 11) is -3.23. The molecule has 8 heteroatoms. The van der Waals surface area contributed by atoms with Gasteiger partial charge in [-0.1, -0.05) is 12.1 Å². The lowest BCUT2D eigenvalue weighted by atomic mass is 10.0. The molecule has 1 atom stereocenters. The molecule has 0 bridgehead atoms. The molecule has 0 saturated heterocycles. The fourth-order valence-corrected chi connectivity index (χ4v) is 5.21. The Balaban J connectivity index is 1.74. The van der Waals surface area contributed by atoms with Gasteiger partial charge in [-0.2, -0.15) is 16.9 Å². The van der Waals surface area contributed by atoms with Crippen LogP contribution < -0.4 is 10.3 Å². The van der Waals surface area contributed by atoms with Crippen LogP contribution in [0.4, 0.5) is 0 Å². The maximum Gasteiger partial charge on any atom is 0.264 e. The molecule has 6 nitrogen and oxygen atoms in total. The summed E-state index contributed by atoms with van der Waals surface area (Å²) in [6.45, 7) is 0. The minimum atomic E-state index is -3.23. The summed E-state index contributed by atoms with van der Waals surface area (Å²) in [5.74, 6) is 0.741. The number of H-pyrrole nitrogens is 1. The lowest BCUT2D eigenvalue weighted by molar-refractivity contribution is 0.557. The van der Waals surface area contributed by atoms with E-state index in [1.807, 2.05) is 24.5 Å². The average Bonchev–Trinajstić information content (AvgIpc) is 2.94. The zero-order valence-electron chi connectivity index (χ0n) is 13.3. The highest BCUT2D eigenvalue weighted by atomic mass is 32.2. The van der Waals surface area contributed by atoms with Crippen LogP contribution in [0, 0.1) is 0 Å². The summed E-state index contributed by atoms with van der Waals surface area (Å²) >= 11 is 1.52. The van der Waals surface area contributed by atoms with Crippen molar-refractivity contribution in [1.82, 2.24) is 14.9 Å². The van der Waals surface area contributed by atoms with Crippen LogP contribution in [-0.4, -0.2) is 42.4 Å². The molecule has 0 saturated carbocycles. The van der Waals surface area contributed by atoms with Crippen molar-refractivity contribution in [3.63, 3.8) is 0 Å². The Kier molecular flexibility index (Phi) is 5.07. The highest BCUT2D eigenvalue weighted by molar-refractivity contribution is 7.99. The van der Waals surface area contributed by atoms with Gasteiger partial charge in [-0.3, -0.25) is 4.79 Å². The number of hydrogen-bond donors (Lipinski definition) is 2. The third-order valence-electron chi connectivity index (χ3n) is 4.02. The van der Waals surface area contributed by atoms with Crippen molar-refractivity contribution in [2.24, 2.45) is 0 Å². The molecule has 2 N–H and O–H groups in total. The molecular formula is C16H19N3O3S2. The van der Waals surface area contributed by atoms with Gasteiger partial charge in [-0.05, 0) is 42.4 Å². The average molecular weight is 365 g/mol. The highest BCUT2D eigenvalue weighted by Crippen LogP contribution is 2.27. The van der Waals surface area contributed by atoms with Gasteiger partial charge in [-0.25, -0.2) is 18.2 Å². The van der Waals surface area contributed by atoms with Gasteiger partial charge in [-0.15, -0.1) is 0 Å². The predicted octanol–water partition coefficient (Wildman–Crippen LogP) is 1.19. The Morgan fingerprint density at radius 2 is 2.04 bits per heavy atom. The molecule has 24 heavy (non-hydrogen) atoms. The van der Waals surface area contributed by atoms with Crippen LogP contribution in [0.2, 0.25) is 0 Å². The summed E-state index contributed by atoms with van der Waals surface area (Å²) in [6.07, 6.45) is 3.27. The second kappa shape index (κ2) is 7.08. The first kappa shape index (κ1) is 17.2.